The van der Waals surface area contributed by atoms with Crippen molar-refractivity contribution in [3.63, 3.8) is 0 Å². The highest BCUT2D eigenvalue weighted by atomic mass is 16.3. The van der Waals surface area contributed by atoms with E-state index in [1.165, 1.54) is 5.56 Å². The third-order valence-corrected chi connectivity index (χ3v) is 1.72. The highest BCUT2D eigenvalue weighted by Gasteiger charge is 1.98. The van der Waals surface area contributed by atoms with Gasteiger partial charge in [0.15, 0.2) is 0 Å². The number of aromatic nitrogens is 1. The van der Waals surface area contributed by atoms with E-state index >= 15 is 0 Å². The molecule has 1 aromatic rings. The summed E-state index contributed by atoms with van der Waals surface area (Å²) in [5, 5.41) is 8.81. The van der Waals surface area contributed by atoms with Crippen molar-refractivity contribution in [1.29, 1.82) is 0 Å². The monoisotopic (exact) mass is 139 g/mol. The summed E-state index contributed by atoms with van der Waals surface area (Å²) in [6.07, 6.45) is 4.03. The Kier molecular flexibility index (Phi) is 2.12. The van der Waals surface area contributed by atoms with Crippen molar-refractivity contribution in [2.45, 2.75) is 27.0 Å². The van der Waals surface area contributed by atoms with E-state index in [9.17, 15) is 0 Å². The van der Waals surface area contributed by atoms with Crippen molar-refractivity contribution in [1.82, 2.24) is 4.57 Å². The molecule has 0 saturated carbocycles. The Bertz CT molecular complexity index is 215. The second-order valence-electron chi connectivity index (χ2n) is 2.46. The van der Waals surface area contributed by atoms with E-state index < -0.39 is 0 Å². The van der Waals surface area contributed by atoms with Crippen LogP contribution in [0.15, 0.2) is 12.4 Å². The van der Waals surface area contributed by atoms with Crippen molar-refractivity contribution in [2.75, 3.05) is 0 Å². The molecule has 0 aliphatic heterocycles. The van der Waals surface area contributed by atoms with Crippen molar-refractivity contribution in [3.8, 4) is 0 Å². The van der Waals surface area contributed by atoms with Gasteiger partial charge in [-0.1, -0.05) is 0 Å². The van der Waals surface area contributed by atoms with Gasteiger partial charge in [0.1, 0.15) is 0 Å². The van der Waals surface area contributed by atoms with E-state index in [0.29, 0.717) is 0 Å². The van der Waals surface area contributed by atoms with Crippen molar-refractivity contribution in [2.24, 2.45) is 0 Å². The van der Waals surface area contributed by atoms with Gasteiger partial charge in [0, 0.05) is 18.9 Å². The second kappa shape index (κ2) is 2.88. The summed E-state index contributed by atoms with van der Waals surface area (Å²) >= 11 is 0. The maximum absolute atomic E-state index is 8.81. The summed E-state index contributed by atoms with van der Waals surface area (Å²) in [5.41, 5.74) is 2.20. The first-order valence-corrected chi connectivity index (χ1v) is 3.54. The molecule has 0 fully saturated rings. The highest BCUT2D eigenvalue weighted by molar-refractivity contribution is 5.21. The fourth-order valence-corrected chi connectivity index (χ4v) is 1.02. The average Bonchev–Trinajstić information content (AvgIpc) is 2.30. The molecule has 0 saturated heterocycles. The van der Waals surface area contributed by atoms with Crippen LogP contribution in [0.5, 0.6) is 0 Å². The molecule has 1 aromatic heterocycles. The maximum atomic E-state index is 8.81. The van der Waals surface area contributed by atoms with Crippen LogP contribution in [-0.2, 0) is 13.2 Å². The van der Waals surface area contributed by atoms with Crippen LogP contribution in [0.1, 0.15) is 18.1 Å². The van der Waals surface area contributed by atoms with Crippen LogP contribution in [0.25, 0.3) is 0 Å². The number of aliphatic hydroxyl groups is 1. The van der Waals surface area contributed by atoms with Crippen molar-refractivity contribution in [3.05, 3.63) is 23.5 Å². The van der Waals surface area contributed by atoms with Gasteiger partial charge in [-0.05, 0) is 25.0 Å². The lowest BCUT2D eigenvalue weighted by Crippen LogP contribution is -1.87. The number of aliphatic hydroxyl groups excluding tert-OH is 1. The van der Waals surface area contributed by atoms with Gasteiger partial charge >= 0.3 is 0 Å². The molecule has 0 amide bonds. The quantitative estimate of drug-likeness (QED) is 0.656. The fourth-order valence-electron chi connectivity index (χ4n) is 1.02. The first kappa shape index (κ1) is 7.35. The third kappa shape index (κ3) is 1.21. The largest absolute Gasteiger partial charge is 0.392 e. The number of hydrogen-bond donors (Lipinski definition) is 1. The van der Waals surface area contributed by atoms with E-state index in [-0.39, 0.29) is 6.61 Å². The molecule has 0 spiro atoms. The van der Waals surface area contributed by atoms with Gasteiger partial charge in [-0.2, -0.15) is 0 Å². The Morgan fingerprint density at radius 2 is 2.20 bits per heavy atom. The Balaban J connectivity index is 2.92. The summed E-state index contributed by atoms with van der Waals surface area (Å²) in [7, 11) is 0. The predicted octanol–water partition coefficient (Wildman–Crippen LogP) is 1.31. The van der Waals surface area contributed by atoms with Crippen LogP contribution in [0.3, 0.4) is 0 Å². The molecule has 56 valence electrons. The summed E-state index contributed by atoms with van der Waals surface area (Å²) in [6, 6.07) is 0. The molecule has 1 N–H and O–H groups in total. The molecule has 0 aliphatic rings. The van der Waals surface area contributed by atoms with E-state index in [4.69, 9.17) is 5.11 Å². The normalized spacial score (nSPS) is 10.3. The molecular weight excluding hydrogens is 126 g/mol. The molecule has 0 atom stereocenters. The zero-order valence-electron chi connectivity index (χ0n) is 6.46. The van der Waals surface area contributed by atoms with E-state index in [0.717, 1.165) is 12.1 Å². The van der Waals surface area contributed by atoms with Crippen LogP contribution in [-0.4, -0.2) is 9.67 Å². The molecule has 1 heterocycles. The van der Waals surface area contributed by atoms with E-state index in [2.05, 4.69) is 11.5 Å². The Hall–Kier alpha value is -0.760. The Morgan fingerprint density at radius 3 is 2.50 bits per heavy atom. The first-order chi connectivity index (χ1) is 4.77. The SMILES string of the molecule is CCn1cc(C)c(CO)c1. The number of rotatable bonds is 2. The van der Waals surface area contributed by atoms with E-state index in [1.807, 2.05) is 19.3 Å². The highest BCUT2D eigenvalue weighted by Crippen LogP contribution is 2.08. The maximum Gasteiger partial charge on any atom is 0.0699 e. The lowest BCUT2D eigenvalue weighted by Gasteiger charge is -1.91. The van der Waals surface area contributed by atoms with Crippen LogP contribution in [0, 0.1) is 6.92 Å². The fraction of sp³-hybridized carbons (Fsp3) is 0.500. The van der Waals surface area contributed by atoms with Gasteiger partial charge in [0.25, 0.3) is 0 Å². The predicted molar refractivity (Wildman–Crippen MR) is 40.8 cm³/mol. The topological polar surface area (TPSA) is 25.2 Å². The van der Waals surface area contributed by atoms with Gasteiger partial charge < -0.3 is 9.67 Å². The average molecular weight is 139 g/mol. The minimum atomic E-state index is 0.152. The summed E-state index contributed by atoms with van der Waals surface area (Å²) in [4.78, 5) is 0. The number of aryl methyl sites for hydroxylation is 2. The Labute approximate surface area is 61.1 Å². The zero-order chi connectivity index (χ0) is 7.56. The lowest BCUT2D eigenvalue weighted by molar-refractivity contribution is 0.281. The van der Waals surface area contributed by atoms with Crippen LogP contribution in [0.2, 0.25) is 0 Å². The van der Waals surface area contributed by atoms with Gasteiger partial charge in [0.2, 0.25) is 0 Å². The molecule has 1 rings (SSSR count). The molecule has 0 aliphatic carbocycles. The minimum absolute atomic E-state index is 0.152. The number of nitrogens with zero attached hydrogens (tertiary/aromatic N) is 1. The summed E-state index contributed by atoms with van der Waals surface area (Å²) < 4.78 is 2.07. The zero-order valence-corrected chi connectivity index (χ0v) is 6.46. The molecule has 0 aromatic carbocycles. The third-order valence-electron chi connectivity index (χ3n) is 1.72. The van der Waals surface area contributed by atoms with Gasteiger partial charge in [-0.25, -0.2) is 0 Å². The molecule has 2 heteroatoms. The van der Waals surface area contributed by atoms with Crippen LogP contribution < -0.4 is 0 Å². The lowest BCUT2D eigenvalue weighted by atomic mass is 10.2. The van der Waals surface area contributed by atoms with Crippen molar-refractivity contribution >= 4 is 0 Å². The smallest absolute Gasteiger partial charge is 0.0699 e. The summed E-state index contributed by atoms with van der Waals surface area (Å²) in [5.74, 6) is 0. The van der Waals surface area contributed by atoms with Crippen LogP contribution >= 0.6 is 0 Å². The van der Waals surface area contributed by atoms with Gasteiger partial charge in [-0.15, -0.1) is 0 Å². The molecule has 0 radical (unpaired) electrons. The van der Waals surface area contributed by atoms with Crippen LogP contribution in [0.4, 0.5) is 0 Å². The standard InChI is InChI=1S/C8H13NO/c1-3-9-4-7(2)8(5-9)6-10/h4-5,10H,3,6H2,1-2H3. The Morgan fingerprint density at radius 1 is 1.50 bits per heavy atom. The van der Waals surface area contributed by atoms with Gasteiger partial charge in [0.05, 0.1) is 6.61 Å². The van der Waals surface area contributed by atoms with Gasteiger partial charge in [-0.3, -0.25) is 0 Å². The molecule has 0 unspecified atom stereocenters. The molecular formula is C8H13NO. The first-order valence-electron chi connectivity index (χ1n) is 3.54. The second-order valence-corrected chi connectivity index (χ2v) is 2.46. The minimum Gasteiger partial charge on any atom is -0.392 e. The molecule has 0 bridgehead atoms. The summed E-state index contributed by atoms with van der Waals surface area (Å²) in [6.45, 7) is 5.22. The van der Waals surface area contributed by atoms with Crippen molar-refractivity contribution < 1.29 is 5.11 Å². The molecule has 10 heavy (non-hydrogen) atoms. The van der Waals surface area contributed by atoms with E-state index in [1.54, 1.807) is 0 Å². The molecule has 2 nitrogen and oxygen atoms in total. The number of hydrogen-bond acceptors (Lipinski definition) is 1.